The molecule has 2 heteroatoms. The number of hydrogen-bond acceptors (Lipinski definition) is 0. The first-order valence-corrected chi connectivity index (χ1v) is 14.4. The van der Waals surface area contributed by atoms with E-state index in [9.17, 15) is 0 Å². The maximum atomic E-state index is 2.61. The molecule has 0 aliphatic carbocycles. The van der Waals surface area contributed by atoms with Crippen LogP contribution >= 0.6 is 0 Å². The van der Waals surface area contributed by atoms with Gasteiger partial charge in [0.05, 0.1) is 0 Å². The molecule has 0 unspecified atom stereocenters. The predicted molar refractivity (Wildman–Crippen MR) is 115 cm³/mol. The normalized spacial score (nSPS) is 15.4. The second-order valence-corrected chi connectivity index (χ2v) is 18.5. The van der Waals surface area contributed by atoms with Crippen LogP contribution in [-0.4, -0.2) is 20.0 Å². The van der Waals surface area contributed by atoms with E-state index in [2.05, 4.69) is 105 Å². The predicted octanol–water partition coefficient (Wildman–Crippen LogP) is 2.51. The number of fused-ring (bicyclic) bond motifs is 2. The Morgan fingerprint density at radius 3 is 1.56 bits per heavy atom. The van der Waals surface area contributed by atoms with Gasteiger partial charge in [0.2, 0.25) is 0 Å². The molecule has 0 aromatic heterocycles. The van der Waals surface area contributed by atoms with Gasteiger partial charge in [0.15, 0.2) is 0 Å². The first-order valence-electron chi connectivity index (χ1n) is 9.18. The number of hydrogen-bond donors (Lipinski definition) is 0. The zero-order valence-corrected chi connectivity index (χ0v) is 17.7. The molecule has 1 heterocycles. The molecule has 1 aliphatic heterocycles. The Morgan fingerprint density at radius 2 is 1.08 bits per heavy atom. The van der Waals surface area contributed by atoms with Gasteiger partial charge >= 0.3 is 155 Å². The summed E-state index contributed by atoms with van der Waals surface area (Å²) in [4.78, 5) is 0. The van der Waals surface area contributed by atoms with Gasteiger partial charge in [-0.1, -0.05) is 0 Å². The Morgan fingerprint density at radius 1 is 0.640 bits per heavy atom. The summed E-state index contributed by atoms with van der Waals surface area (Å²) >= 11 is -2.50. The van der Waals surface area contributed by atoms with E-state index in [0.29, 0.717) is 11.0 Å². The van der Waals surface area contributed by atoms with E-state index in [-0.39, 0.29) is 0 Å². The van der Waals surface area contributed by atoms with Crippen molar-refractivity contribution in [2.45, 2.75) is 30.8 Å². The van der Waals surface area contributed by atoms with Crippen molar-refractivity contribution in [3.63, 3.8) is 0 Å². The fraction of sp³-hybridized carbons (Fsp3) is 0.217. The van der Waals surface area contributed by atoms with Crippen LogP contribution in [-0.2, 0) is 0 Å². The van der Waals surface area contributed by atoms with Crippen LogP contribution in [0.25, 0.3) is 0 Å². The summed E-state index contributed by atoms with van der Waals surface area (Å²) in [5.74, 6) is 2.61. The Hall–Kier alpha value is -1.73. The van der Waals surface area contributed by atoms with Crippen LogP contribution < -0.4 is 25.2 Å². The molecule has 3 aromatic rings. The second-order valence-electron chi connectivity index (χ2n) is 8.39. The van der Waals surface area contributed by atoms with Gasteiger partial charge in [0, 0.05) is 0 Å². The van der Waals surface area contributed by atoms with Crippen molar-refractivity contribution in [2.75, 3.05) is 0 Å². The minimum absolute atomic E-state index is 0.313. The van der Waals surface area contributed by atoms with Gasteiger partial charge in [0.25, 0.3) is 0 Å². The zero-order chi connectivity index (χ0) is 17.7. The molecule has 0 bridgehead atoms. The molecule has 124 valence electrons. The third-order valence-corrected chi connectivity index (χ3v) is 19.0. The van der Waals surface area contributed by atoms with E-state index in [1.165, 1.54) is 16.4 Å². The topological polar surface area (TPSA) is 0 Å². The molecule has 0 fully saturated rings. The van der Waals surface area contributed by atoms with Crippen LogP contribution in [0.3, 0.4) is 0 Å². The first-order chi connectivity index (χ1) is 11.9. The van der Waals surface area contributed by atoms with Gasteiger partial charge in [-0.15, -0.1) is 0 Å². The van der Waals surface area contributed by atoms with E-state index in [0.717, 1.165) is 0 Å². The summed E-state index contributed by atoms with van der Waals surface area (Å²) in [7, 11) is 0. The average molecular weight is 385 g/mol. The quantitative estimate of drug-likeness (QED) is 0.566. The molecule has 0 N–H and O–H groups in total. The van der Waals surface area contributed by atoms with Crippen molar-refractivity contribution in [1.29, 1.82) is 0 Å². The molecule has 0 spiro atoms. The molecule has 1 aliphatic rings. The third-order valence-electron chi connectivity index (χ3n) is 6.25. The van der Waals surface area contributed by atoms with Crippen molar-refractivity contribution >= 4 is 45.2 Å². The third kappa shape index (κ3) is 2.44. The maximum absolute atomic E-state index is 2.61. The molecule has 0 saturated heterocycles. The molecule has 4 rings (SSSR count). The van der Waals surface area contributed by atoms with Crippen LogP contribution in [0.4, 0.5) is 0 Å². The van der Waals surface area contributed by atoms with Crippen molar-refractivity contribution in [3.05, 3.63) is 78.9 Å². The summed E-state index contributed by atoms with van der Waals surface area (Å²) in [6.07, 6.45) is 0. The molecule has 0 saturated carbocycles. The van der Waals surface area contributed by atoms with E-state index < -0.39 is 13.3 Å². The summed E-state index contributed by atoms with van der Waals surface area (Å²) in [5.41, 5.74) is 4.47. The molecule has 0 atom stereocenters. The standard InChI is InChI=1S/C23H25BGe/c1-23(2,3)25(4)21-16-10-8-14-19(21)24(18-12-6-5-7-13-18)20-15-9-11-17-22(20)25/h5-17H,1-4H3. The Labute approximate surface area is 154 Å². The van der Waals surface area contributed by atoms with E-state index >= 15 is 0 Å². The second kappa shape index (κ2) is 5.91. The van der Waals surface area contributed by atoms with Gasteiger partial charge < -0.3 is 0 Å². The summed E-state index contributed by atoms with van der Waals surface area (Å²) in [6, 6.07) is 29.5. The van der Waals surface area contributed by atoms with Gasteiger partial charge in [-0.3, -0.25) is 0 Å². The van der Waals surface area contributed by atoms with Gasteiger partial charge in [-0.2, -0.15) is 0 Å². The van der Waals surface area contributed by atoms with E-state index in [4.69, 9.17) is 0 Å². The Kier molecular flexibility index (Phi) is 3.96. The number of rotatable bonds is 1. The number of benzene rings is 3. The zero-order valence-electron chi connectivity index (χ0n) is 15.6. The van der Waals surface area contributed by atoms with Crippen LogP contribution in [0.15, 0.2) is 78.9 Å². The van der Waals surface area contributed by atoms with Crippen molar-refractivity contribution in [2.24, 2.45) is 0 Å². The van der Waals surface area contributed by atoms with Crippen LogP contribution in [0, 0.1) is 0 Å². The van der Waals surface area contributed by atoms with Crippen molar-refractivity contribution < 1.29 is 0 Å². The monoisotopic (exact) mass is 386 g/mol. The van der Waals surface area contributed by atoms with Gasteiger partial charge in [-0.25, -0.2) is 0 Å². The SMILES string of the molecule is C[C](C)(C)[Ge]1([CH3])[c]2ccccc2B(c2ccccc2)c2cccc[c]21. The summed E-state index contributed by atoms with van der Waals surface area (Å²) < 4.78 is 3.62. The van der Waals surface area contributed by atoms with Crippen LogP contribution in [0.1, 0.15) is 20.8 Å². The molecular weight excluding hydrogens is 360 g/mol. The first kappa shape index (κ1) is 16.7. The molecule has 0 radical (unpaired) electrons. The molecule has 0 nitrogen and oxygen atoms in total. The van der Waals surface area contributed by atoms with Gasteiger partial charge in [0.1, 0.15) is 0 Å². The van der Waals surface area contributed by atoms with Crippen LogP contribution in [0.5, 0.6) is 0 Å². The summed E-state index contributed by atoms with van der Waals surface area (Å²) in [5, 5.41) is 0. The fourth-order valence-corrected chi connectivity index (χ4v) is 13.7. The molecule has 25 heavy (non-hydrogen) atoms. The Bertz CT molecular complexity index is 861. The molecule has 0 amide bonds. The van der Waals surface area contributed by atoms with Crippen molar-refractivity contribution in [1.82, 2.24) is 0 Å². The van der Waals surface area contributed by atoms with E-state index in [1.54, 1.807) is 8.79 Å². The van der Waals surface area contributed by atoms with Crippen molar-refractivity contribution in [3.8, 4) is 0 Å². The molecule has 3 aromatic carbocycles. The van der Waals surface area contributed by atoms with Crippen LogP contribution in [0.2, 0.25) is 10.0 Å². The van der Waals surface area contributed by atoms with Gasteiger partial charge in [-0.05, 0) is 0 Å². The Balaban J connectivity index is 2.09. The van der Waals surface area contributed by atoms with E-state index in [1.807, 2.05) is 0 Å². The fourth-order valence-electron chi connectivity index (χ4n) is 4.53. The molecular formula is C23H25BGe. The minimum atomic E-state index is -2.50. The average Bonchev–Trinajstić information content (AvgIpc) is 2.62. The summed E-state index contributed by atoms with van der Waals surface area (Å²) in [6.45, 7) is 7.70.